The number of aryl methyl sites for hydroxylation is 1. The normalized spacial score (nSPS) is 10.8. The van der Waals surface area contributed by atoms with Crippen LogP contribution in [0.3, 0.4) is 0 Å². The van der Waals surface area contributed by atoms with Crippen LogP contribution in [-0.2, 0) is 11.8 Å². The van der Waals surface area contributed by atoms with E-state index in [0.717, 1.165) is 5.69 Å². The Kier molecular flexibility index (Phi) is 5.73. The highest BCUT2D eigenvalue weighted by Crippen LogP contribution is 2.31. The molecule has 31 heavy (non-hydrogen) atoms. The van der Waals surface area contributed by atoms with Crippen LogP contribution in [0.15, 0.2) is 54.6 Å². The minimum atomic E-state index is -0.553. The monoisotopic (exact) mass is 439 g/mol. The van der Waals surface area contributed by atoms with Crippen molar-refractivity contribution in [1.82, 2.24) is 14.8 Å². The van der Waals surface area contributed by atoms with Gasteiger partial charge in [0.25, 0.3) is 0 Å². The highest BCUT2D eigenvalue weighted by atomic mass is 35.5. The average molecular weight is 440 g/mol. The van der Waals surface area contributed by atoms with E-state index in [-0.39, 0.29) is 18.1 Å². The molecule has 4 rings (SSSR count). The fourth-order valence-electron chi connectivity index (χ4n) is 3.16. The molecule has 2 aromatic carbocycles. The number of ether oxygens (including phenoxy) is 1. The molecule has 0 saturated carbocycles. The Bertz CT molecular complexity index is 1260. The van der Waals surface area contributed by atoms with Gasteiger partial charge in [-0.1, -0.05) is 23.7 Å². The maximum absolute atomic E-state index is 13.8. The molecule has 0 spiro atoms. The fraction of sp³-hybridized carbons (Fsp3) is 0.136. The van der Waals surface area contributed by atoms with Crippen LogP contribution >= 0.6 is 11.6 Å². The number of nitrogens with one attached hydrogen (secondary N) is 2. The van der Waals surface area contributed by atoms with Crippen LogP contribution in [0.5, 0.6) is 0 Å². The average Bonchev–Trinajstić information content (AvgIpc) is 3.10. The number of fused-ring (bicyclic) bond motifs is 1. The van der Waals surface area contributed by atoms with Gasteiger partial charge >= 0.3 is 5.97 Å². The molecule has 7 nitrogen and oxygen atoms in total. The van der Waals surface area contributed by atoms with Crippen molar-refractivity contribution in [2.75, 3.05) is 17.5 Å². The number of aromatic nitrogens is 3. The Hall–Kier alpha value is -3.65. The van der Waals surface area contributed by atoms with Gasteiger partial charge in [0.15, 0.2) is 11.3 Å². The van der Waals surface area contributed by atoms with Gasteiger partial charge in [-0.3, -0.25) is 5.43 Å². The van der Waals surface area contributed by atoms with Crippen LogP contribution in [-0.4, -0.2) is 27.3 Å². The van der Waals surface area contributed by atoms with E-state index in [4.69, 9.17) is 16.3 Å². The molecule has 0 bridgehead atoms. The van der Waals surface area contributed by atoms with Crippen LogP contribution < -0.4 is 10.9 Å². The first-order chi connectivity index (χ1) is 15.0. The molecule has 4 aromatic rings. The Labute approximate surface area is 182 Å². The van der Waals surface area contributed by atoms with Gasteiger partial charge in [-0.2, -0.15) is 5.10 Å². The highest BCUT2D eigenvalue weighted by molar-refractivity contribution is 6.30. The molecule has 0 amide bonds. The predicted molar refractivity (Wildman–Crippen MR) is 119 cm³/mol. The zero-order valence-corrected chi connectivity index (χ0v) is 17.6. The van der Waals surface area contributed by atoms with Crippen molar-refractivity contribution in [3.05, 3.63) is 71.1 Å². The zero-order valence-electron chi connectivity index (χ0n) is 16.8. The molecule has 0 radical (unpaired) electrons. The summed E-state index contributed by atoms with van der Waals surface area (Å²) in [7, 11) is 1.68. The number of benzene rings is 2. The number of hydrogen-bond donors (Lipinski definition) is 2. The van der Waals surface area contributed by atoms with Crippen LogP contribution in [0.1, 0.15) is 17.4 Å². The number of anilines is 2. The number of halogens is 2. The van der Waals surface area contributed by atoms with Gasteiger partial charge in [0.1, 0.15) is 5.82 Å². The van der Waals surface area contributed by atoms with Crippen LogP contribution in [0.2, 0.25) is 5.02 Å². The van der Waals surface area contributed by atoms with Crippen molar-refractivity contribution in [3.63, 3.8) is 0 Å². The quantitative estimate of drug-likeness (QED) is 0.323. The number of hydrogen-bond acceptors (Lipinski definition) is 6. The van der Waals surface area contributed by atoms with Crippen LogP contribution in [0.25, 0.3) is 22.3 Å². The maximum atomic E-state index is 13.8. The van der Waals surface area contributed by atoms with Crippen LogP contribution in [0.4, 0.5) is 15.8 Å². The van der Waals surface area contributed by atoms with Crippen molar-refractivity contribution in [2.24, 2.45) is 7.05 Å². The summed E-state index contributed by atoms with van der Waals surface area (Å²) in [4.78, 5) is 17.1. The summed E-state index contributed by atoms with van der Waals surface area (Å²) in [6.45, 7) is 1.95. The van der Waals surface area contributed by atoms with Gasteiger partial charge in [-0.15, -0.1) is 0 Å². The highest BCUT2D eigenvalue weighted by Gasteiger charge is 2.22. The molecule has 0 atom stereocenters. The van der Waals surface area contributed by atoms with E-state index < -0.39 is 5.97 Å². The second-order valence-corrected chi connectivity index (χ2v) is 7.15. The number of rotatable bonds is 6. The first kappa shape index (κ1) is 20.6. The van der Waals surface area contributed by atoms with Gasteiger partial charge in [-0.05, 0) is 49.4 Å². The molecule has 0 saturated heterocycles. The lowest BCUT2D eigenvalue weighted by Gasteiger charge is -2.13. The summed E-state index contributed by atoms with van der Waals surface area (Å²) < 4.78 is 20.5. The molecule has 0 aliphatic heterocycles. The first-order valence-corrected chi connectivity index (χ1v) is 9.92. The third-order valence-corrected chi connectivity index (χ3v) is 4.82. The third kappa shape index (κ3) is 4.29. The number of pyridine rings is 1. The smallest absolute Gasteiger partial charge is 0.359 e. The largest absolute Gasteiger partial charge is 0.461 e. The number of esters is 1. The molecule has 2 N–H and O–H groups in total. The molecule has 158 valence electrons. The van der Waals surface area contributed by atoms with E-state index in [9.17, 15) is 9.18 Å². The molecule has 9 heteroatoms. The molecule has 2 heterocycles. The van der Waals surface area contributed by atoms with Crippen molar-refractivity contribution < 1.29 is 13.9 Å². The SMILES string of the molecule is CCOC(=O)c1nn(C)c2nc(-c3cccc(F)c3)cc(NNc3ccc(Cl)cc3)c12. The summed E-state index contributed by atoms with van der Waals surface area (Å²) >= 11 is 5.95. The summed E-state index contributed by atoms with van der Waals surface area (Å²) in [5.41, 5.74) is 9.18. The van der Waals surface area contributed by atoms with E-state index in [0.29, 0.717) is 33.0 Å². The van der Waals surface area contributed by atoms with Gasteiger partial charge in [0.05, 0.1) is 29.1 Å². The minimum Gasteiger partial charge on any atom is -0.461 e. The van der Waals surface area contributed by atoms with Crippen molar-refractivity contribution in [1.29, 1.82) is 0 Å². The number of carbonyl (C=O) groups excluding carboxylic acids is 1. The summed E-state index contributed by atoms with van der Waals surface area (Å²) in [5.74, 6) is -0.923. The lowest BCUT2D eigenvalue weighted by molar-refractivity contribution is 0.0521. The molecular formula is C22H19ClFN5O2. The lowest BCUT2D eigenvalue weighted by atomic mass is 10.1. The Balaban J connectivity index is 1.84. The topological polar surface area (TPSA) is 81.1 Å². The molecule has 2 aromatic heterocycles. The Morgan fingerprint density at radius 3 is 2.65 bits per heavy atom. The van der Waals surface area contributed by atoms with Crippen LogP contribution in [0, 0.1) is 5.82 Å². The summed E-state index contributed by atoms with van der Waals surface area (Å²) in [6, 6.07) is 15.0. The Morgan fingerprint density at radius 2 is 1.94 bits per heavy atom. The molecule has 0 unspecified atom stereocenters. The van der Waals surface area contributed by atoms with Crippen molar-refractivity contribution >= 4 is 40.0 Å². The second kappa shape index (κ2) is 8.61. The molecule has 0 aliphatic rings. The summed E-state index contributed by atoms with van der Waals surface area (Å²) in [5, 5.41) is 5.41. The third-order valence-electron chi connectivity index (χ3n) is 4.57. The number of hydrazine groups is 1. The van der Waals surface area contributed by atoms with Gasteiger partial charge in [-0.25, -0.2) is 18.9 Å². The fourth-order valence-corrected chi connectivity index (χ4v) is 3.28. The van der Waals surface area contributed by atoms with E-state index in [2.05, 4.69) is 20.9 Å². The summed E-state index contributed by atoms with van der Waals surface area (Å²) in [6.07, 6.45) is 0. The lowest BCUT2D eigenvalue weighted by Crippen LogP contribution is -2.11. The number of nitrogens with zero attached hydrogens (tertiary/aromatic N) is 3. The maximum Gasteiger partial charge on any atom is 0.359 e. The van der Waals surface area contributed by atoms with E-state index in [1.54, 1.807) is 56.4 Å². The van der Waals surface area contributed by atoms with Crippen molar-refractivity contribution in [2.45, 2.75) is 6.92 Å². The van der Waals surface area contributed by atoms with E-state index in [1.807, 2.05) is 0 Å². The van der Waals surface area contributed by atoms with Crippen molar-refractivity contribution in [3.8, 4) is 11.3 Å². The first-order valence-electron chi connectivity index (χ1n) is 9.54. The second-order valence-electron chi connectivity index (χ2n) is 6.71. The van der Waals surface area contributed by atoms with E-state index in [1.165, 1.54) is 16.8 Å². The standard InChI is InChI=1S/C22H19ClFN5O2/c1-3-31-22(30)20-19-18(27-26-16-9-7-14(23)8-10-16)12-17(25-21(19)29(2)28-20)13-5-4-6-15(24)11-13/h4-12,26H,3H2,1-2H3,(H,25,27). The van der Waals surface area contributed by atoms with Gasteiger partial charge < -0.3 is 10.2 Å². The number of carbonyl (C=O) groups is 1. The molecule has 0 fully saturated rings. The molecular weight excluding hydrogens is 421 g/mol. The Morgan fingerprint density at radius 1 is 1.16 bits per heavy atom. The van der Waals surface area contributed by atoms with E-state index >= 15 is 0 Å². The van der Waals surface area contributed by atoms with Gasteiger partial charge in [0, 0.05) is 17.6 Å². The zero-order chi connectivity index (χ0) is 22.0. The minimum absolute atomic E-state index is 0.137. The predicted octanol–water partition coefficient (Wildman–Crippen LogP) is 5.04. The van der Waals surface area contributed by atoms with Gasteiger partial charge in [0.2, 0.25) is 0 Å². The molecule has 0 aliphatic carbocycles.